The lowest BCUT2D eigenvalue weighted by Crippen LogP contribution is -2.36. The third-order valence-electron chi connectivity index (χ3n) is 4.05. The SMILES string of the molecule is C=CCNC(=O)c1ccc2c(c1)C(=O)N(CC1CCCO1)C2=O. The molecule has 0 bridgehead atoms. The van der Waals surface area contributed by atoms with Crippen molar-refractivity contribution < 1.29 is 19.1 Å². The Bertz CT molecular complexity index is 677. The number of imide groups is 1. The van der Waals surface area contributed by atoms with Gasteiger partial charge < -0.3 is 10.1 Å². The predicted molar refractivity (Wildman–Crippen MR) is 83.3 cm³/mol. The number of nitrogens with zero attached hydrogens (tertiary/aromatic N) is 1. The highest BCUT2D eigenvalue weighted by Gasteiger charge is 2.37. The van der Waals surface area contributed by atoms with Gasteiger partial charge in [0.1, 0.15) is 0 Å². The maximum absolute atomic E-state index is 12.5. The van der Waals surface area contributed by atoms with Crippen LogP contribution in [0.4, 0.5) is 0 Å². The fraction of sp³-hybridized carbons (Fsp3) is 0.353. The molecule has 0 aromatic heterocycles. The van der Waals surface area contributed by atoms with E-state index in [1.807, 2.05) is 0 Å². The molecule has 3 rings (SSSR count). The summed E-state index contributed by atoms with van der Waals surface area (Å²) in [5.41, 5.74) is 0.971. The molecule has 6 nitrogen and oxygen atoms in total. The number of fused-ring (bicyclic) bond motifs is 1. The summed E-state index contributed by atoms with van der Waals surface area (Å²) in [5.74, 6) is -0.983. The monoisotopic (exact) mass is 314 g/mol. The molecule has 3 amide bonds. The zero-order chi connectivity index (χ0) is 16.4. The molecule has 1 fully saturated rings. The lowest BCUT2D eigenvalue weighted by atomic mass is 10.1. The number of carbonyl (C=O) groups excluding carboxylic acids is 3. The minimum absolute atomic E-state index is 0.0902. The van der Waals surface area contributed by atoms with Gasteiger partial charge >= 0.3 is 0 Å². The zero-order valence-corrected chi connectivity index (χ0v) is 12.7. The highest BCUT2D eigenvalue weighted by Crippen LogP contribution is 2.26. The van der Waals surface area contributed by atoms with Gasteiger partial charge in [0.05, 0.1) is 23.8 Å². The van der Waals surface area contributed by atoms with Gasteiger partial charge in [-0.15, -0.1) is 6.58 Å². The molecule has 1 aromatic rings. The van der Waals surface area contributed by atoms with E-state index in [0.717, 1.165) is 12.8 Å². The second-order valence-corrected chi connectivity index (χ2v) is 5.62. The third kappa shape index (κ3) is 2.90. The normalized spacial score (nSPS) is 19.8. The van der Waals surface area contributed by atoms with Crippen LogP contribution in [-0.4, -0.2) is 48.4 Å². The van der Waals surface area contributed by atoms with E-state index in [4.69, 9.17) is 4.74 Å². The first kappa shape index (κ1) is 15.4. The Hall–Kier alpha value is -2.47. The second-order valence-electron chi connectivity index (χ2n) is 5.62. The van der Waals surface area contributed by atoms with Crippen LogP contribution in [0.25, 0.3) is 0 Å². The van der Waals surface area contributed by atoms with Crippen molar-refractivity contribution in [3.63, 3.8) is 0 Å². The molecule has 2 aliphatic heterocycles. The van der Waals surface area contributed by atoms with E-state index in [1.165, 1.54) is 17.0 Å². The van der Waals surface area contributed by atoms with Crippen LogP contribution >= 0.6 is 0 Å². The summed E-state index contributed by atoms with van der Waals surface area (Å²) in [4.78, 5) is 38.0. The van der Waals surface area contributed by atoms with Gasteiger partial charge in [0.25, 0.3) is 17.7 Å². The molecule has 1 N–H and O–H groups in total. The first-order valence-corrected chi connectivity index (χ1v) is 7.62. The number of hydrogen-bond donors (Lipinski definition) is 1. The van der Waals surface area contributed by atoms with Crippen molar-refractivity contribution in [3.05, 3.63) is 47.5 Å². The maximum Gasteiger partial charge on any atom is 0.261 e. The fourth-order valence-corrected chi connectivity index (χ4v) is 2.86. The number of amides is 3. The van der Waals surface area contributed by atoms with E-state index in [-0.39, 0.29) is 35.9 Å². The molecular formula is C17H18N2O4. The van der Waals surface area contributed by atoms with Crippen molar-refractivity contribution >= 4 is 17.7 Å². The van der Waals surface area contributed by atoms with Gasteiger partial charge in [-0.05, 0) is 31.0 Å². The summed E-state index contributed by atoms with van der Waals surface area (Å²) in [6.07, 6.45) is 3.28. The summed E-state index contributed by atoms with van der Waals surface area (Å²) in [6, 6.07) is 4.56. The van der Waals surface area contributed by atoms with E-state index in [1.54, 1.807) is 12.1 Å². The van der Waals surface area contributed by atoms with Gasteiger partial charge in [0.15, 0.2) is 0 Å². The van der Waals surface area contributed by atoms with Gasteiger partial charge in [-0.1, -0.05) is 6.08 Å². The fourth-order valence-electron chi connectivity index (χ4n) is 2.86. The van der Waals surface area contributed by atoms with Crippen molar-refractivity contribution in [1.82, 2.24) is 10.2 Å². The number of nitrogens with one attached hydrogen (secondary N) is 1. The molecule has 6 heteroatoms. The third-order valence-corrected chi connectivity index (χ3v) is 4.05. The van der Waals surface area contributed by atoms with Crippen LogP contribution in [0.3, 0.4) is 0 Å². The first-order valence-electron chi connectivity index (χ1n) is 7.62. The average molecular weight is 314 g/mol. The maximum atomic E-state index is 12.5. The molecule has 1 atom stereocenters. The Morgan fingerprint density at radius 1 is 1.35 bits per heavy atom. The molecule has 23 heavy (non-hydrogen) atoms. The van der Waals surface area contributed by atoms with Crippen molar-refractivity contribution in [3.8, 4) is 0 Å². The zero-order valence-electron chi connectivity index (χ0n) is 12.7. The molecule has 2 aliphatic rings. The van der Waals surface area contributed by atoms with Gasteiger partial charge in [0, 0.05) is 18.7 Å². The van der Waals surface area contributed by atoms with Crippen molar-refractivity contribution in [2.45, 2.75) is 18.9 Å². The van der Waals surface area contributed by atoms with Crippen molar-refractivity contribution in [2.24, 2.45) is 0 Å². The lowest BCUT2D eigenvalue weighted by molar-refractivity contribution is 0.0475. The number of rotatable bonds is 5. The number of ether oxygens (including phenoxy) is 1. The van der Waals surface area contributed by atoms with E-state index < -0.39 is 0 Å². The Kier molecular flexibility index (Phi) is 4.25. The minimum Gasteiger partial charge on any atom is -0.376 e. The largest absolute Gasteiger partial charge is 0.376 e. The Balaban J connectivity index is 1.80. The summed E-state index contributed by atoms with van der Waals surface area (Å²) < 4.78 is 5.50. The van der Waals surface area contributed by atoms with E-state index in [0.29, 0.717) is 24.3 Å². The van der Waals surface area contributed by atoms with Gasteiger partial charge in [0.2, 0.25) is 0 Å². The molecular weight excluding hydrogens is 296 g/mol. The highest BCUT2D eigenvalue weighted by molar-refractivity contribution is 6.22. The molecule has 1 saturated heterocycles. The number of hydrogen-bond acceptors (Lipinski definition) is 4. The lowest BCUT2D eigenvalue weighted by Gasteiger charge is -2.17. The molecule has 120 valence electrons. The number of benzene rings is 1. The van der Waals surface area contributed by atoms with Crippen LogP contribution in [0.15, 0.2) is 30.9 Å². The molecule has 2 heterocycles. The molecule has 0 spiro atoms. The standard InChI is InChI=1S/C17H18N2O4/c1-2-7-18-15(20)11-5-6-13-14(9-11)17(22)19(16(13)21)10-12-4-3-8-23-12/h2,5-6,9,12H,1,3-4,7-8,10H2,(H,18,20). The first-order chi connectivity index (χ1) is 11.1. The van der Waals surface area contributed by atoms with Crippen LogP contribution < -0.4 is 5.32 Å². The van der Waals surface area contributed by atoms with Crippen molar-refractivity contribution in [1.29, 1.82) is 0 Å². The summed E-state index contributed by atoms with van der Waals surface area (Å²) >= 11 is 0. The molecule has 0 saturated carbocycles. The molecule has 1 unspecified atom stereocenters. The topological polar surface area (TPSA) is 75.7 Å². The van der Waals surface area contributed by atoms with Crippen molar-refractivity contribution in [2.75, 3.05) is 19.7 Å². The molecule has 1 aromatic carbocycles. The van der Waals surface area contributed by atoms with E-state index in [9.17, 15) is 14.4 Å². The van der Waals surface area contributed by atoms with Crippen LogP contribution in [-0.2, 0) is 4.74 Å². The van der Waals surface area contributed by atoms with E-state index >= 15 is 0 Å². The minimum atomic E-state index is -0.362. The Morgan fingerprint density at radius 2 is 2.13 bits per heavy atom. The van der Waals surface area contributed by atoms with Crippen LogP contribution in [0, 0.1) is 0 Å². The Morgan fingerprint density at radius 3 is 2.83 bits per heavy atom. The van der Waals surface area contributed by atoms with Crippen LogP contribution in [0.5, 0.6) is 0 Å². The van der Waals surface area contributed by atoms with Gasteiger partial charge in [-0.25, -0.2) is 0 Å². The summed E-state index contributed by atoms with van der Waals surface area (Å²) in [5, 5.41) is 2.65. The quantitative estimate of drug-likeness (QED) is 0.658. The average Bonchev–Trinajstić information content (AvgIpc) is 3.15. The van der Waals surface area contributed by atoms with Crippen LogP contribution in [0.2, 0.25) is 0 Å². The smallest absolute Gasteiger partial charge is 0.261 e. The highest BCUT2D eigenvalue weighted by atomic mass is 16.5. The summed E-state index contributed by atoms with van der Waals surface area (Å²) in [7, 11) is 0. The van der Waals surface area contributed by atoms with Gasteiger partial charge in [-0.3, -0.25) is 19.3 Å². The number of carbonyl (C=O) groups is 3. The Labute approximate surface area is 134 Å². The van der Waals surface area contributed by atoms with E-state index in [2.05, 4.69) is 11.9 Å². The molecule has 0 radical (unpaired) electrons. The molecule has 0 aliphatic carbocycles. The van der Waals surface area contributed by atoms with Gasteiger partial charge in [-0.2, -0.15) is 0 Å². The van der Waals surface area contributed by atoms with Crippen LogP contribution in [0.1, 0.15) is 43.9 Å². The summed E-state index contributed by atoms with van der Waals surface area (Å²) in [6.45, 7) is 4.81. The second kappa shape index (κ2) is 6.34. The predicted octanol–water partition coefficient (Wildman–Crippen LogP) is 1.38.